The zero-order valence-corrected chi connectivity index (χ0v) is 18.9. The van der Waals surface area contributed by atoms with Crippen LogP contribution in [0.2, 0.25) is 10.0 Å². The fourth-order valence-corrected chi connectivity index (χ4v) is 4.30. The summed E-state index contributed by atoms with van der Waals surface area (Å²) < 4.78 is 11.7. The van der Waals surface area contributed by atoms with Gasteiger partial charge in [0.1, 0.15) is 5.75 Å². The quantitative estimate of drug-likeness (QED) is 0.449. The van der Waals surface area contributed by atoms with Gasteiger partial charge in [0.05, 0.1) is 12.8 Å². The van der Waals surface area contributed by atoms with Crippen molar-refractivity contribution in [3.8, 4) is 5.75 Å². The highest BCUT2D eigenvalue weighted by Crippen LogP contribution is 2.50. The average molecular weight is 457 g/mol. The van der Waals surface area contributed by atoms with Gasteiger partial charge in [-0.05, 0) is 42.8 Å². The van der Waals surface area contributed by atoms with Crippen LogP contribution in [0.4, 0.5) is 21.9 Å². The van der Waals surface area contributed by atoms with Gasteiger partial charge in [-0.1, -0.05) is 48.3 Å². The van der Waals surface area contributed by atoms with Gasteiger partial charge < -0.3 is 14.8 Å². The van der Waals surface area contributed by atoms with E-state index in [9.17, 15) is 4.79 Å². The molecule has 0 radical (unpaired) electrons. The smallest absolute Gasteiger partial charge is 0.415 e. The summed E-state index contributed by atoms with van der Waals surface area (Å²) in [6, 6.07) is 18.7. The molecule has 1 atom stereocenters. The molecule has 0 fully saturated rings. The average Bonchev–Trinajstić information content (AvgIpc) is 2.76. The number of fused-ring (bicyclic) bond motifs is 1. The number of ether oxygens (including phenoxy) is 2. The minimum absolute atomic E-state index is 0.446. The maximum absolute atomic E-state index is 12.8. The van der Waals surface area contributed by atoms with Crippen LogP contribution in [-0.4, -0.2) is 20.3 Å². The van der Waals surface area contributed by atoms with Crippen molar-refractivity contribution in [3.05, 3.63) is 81.8 Å². The molecule has 3 aromatic carbocycles. The maximum atomic E-state index is 12.8. The van der Waals surface area contributed by atoms with Gasteiger partial charge in [-0.25, -0.2) is 4.79 Å². The Kier molecular flexibility index (Phi) is 5.73. The summed E-state index contributed by atoms with van der Waals surface area (Å²) in [5, 5.41) is 4.62. The molecule has 0 aliphatic carbocycles. The van der Waals surface area contributed by atoms with E-state index in [0.717, 1.165) is 22.5 Å². The lowest BCUT2D eigenvalue weighted by molar-refractivity contribution is 0.0349. The zero-order chi connectivity index (χ0) is 22.2. The second-order valence-corrected chi connectivity index (χ2v) is 8.20. The van der Waals surface area contributed by atoms with Crippen LogP contribution >= 0.6 is 23.2 Å². The second kappa shape index (κ2) is 8.33. The SMILES string of the molecule is CCC1(c2ccc(Cl)cc2)OC(=O)N(C)c2c(OC)cc(Nc3cccc(Cl)c3)cc21. The summed E-state index contributed by atoms with van der Waals surface area (Å²) in [5.41, 5.74) is 2.97. The molecule has 1 heterocycles. The molecule has 0 bridgehead atoms. The number of carbonyl (C=O) groups is 1. The predicted molar refractivity (Wildman–Crippen MR) is 125 cm³/mol. The van der Waals surface area contributed by atoms with Gasteiger partial charge in [-0.2, -0.15) is 0 Å². The Morgan fingerprint density at radius 2 is 1.77 bits per heavy atom. The fourth-order valence-electron chi connectivity index (χ4n) is 3.99. The molecule has 0 spiro atoms. The van der Waals surface area contributed by atoms with Crippen molar-refractivity contribution >= 4 is 46.4 Å². The largest absolute Gasteiger partial charge is 0.494 e. The minimum Gasteiger partial charge on any atom is -0.494 e. The Balaban J connectivity index is 1.93. The van der Waals surface area contributed by atoms with Gasteiger partial charge in [-0.3, -0.25) is 4.90 Å². The lowest BCUT2D eigenvalue weighted by atomic mass is 9.81. The third-order valence-corrected chi connectivity index (χ3v) is 6.01. The summed E-state index contributed by atoms with van der Waals surface area (Å²) >= 11 is 12.3. The van der Waals surface area contributed by atoms with E-state index in [1.165, 1.54) is 4.90 Å². The summed E-state index contributed by atoms with van der Waals surface area (Å²) in [5.74, 6) is 0.563. The molecule has 0 aromatic heterocycles. The van der Waals surface area contributed by atoms with Gasteiger partial charge >= 0.3 is 6.09 Å². The lowest BCUT2D eigenvalue weighted by Gasteiger charge is -2.42. The third kappa shape index (κ3) is 3.80. The summed E-state index contributed by atoms with van der Waals surface area (Å²) in [7, 11) is 3.26. The number of anilines is 3. The molecule has 4 rings (SSSR count). The number of amides is 1. The van der Waals surface area contributed by atoms with Crippen LogP contribution in [0.5, 0.6) is 5.75 Å². The van der Waals surface area contributed by atoms with Crippen LogP contribution in [0.1, 0.15) is 24.5 Å². The van der Waals surface area contributed by atoms with Crippen molar-refractivity contribution in [1.29, 1.82) is 0 Å². The number of nitrogens with zero attached hydrogens (tertiary/aromatic N) is 1. The van der Waals surface area contributed by atoms with Crippen LogP contribution < -0.4 is 15.0 Å². The Morgan fingerprint density at radius 1 is 1.03 bits per heavy atom. The molecule has 0 saturated heterocycles. The van der Waals surface area contributed by atoms with Crippen molar-refractivity contribution in [2.24, 2.45) is 0 Å². The molecule has 7 heteroatoms. The zero-order valence-electron chi connectivity index (χ0n) is 17.4. The number of benzene rings is 3. The molecule has 1 amide bonds. The lowest BCUT2D eigenvalue weighted by Crippen LogP contribution is -2.45. The van der Waals surface area contributed by atoms with Crippen molar-refractivity contribution in [2.45, 2.75) is 18.9 Å². The van der Waals surface area contributed by atoms with E-state index < -0.39 is 11.7 Å². The molecular weight excluding hydrogens is 435 g/mol. The van der Waals surface area contributed by atoms with E-state index in [4.69, 9.17) is 32.7 Å². The van der Waals surface area contributed by atoms with Gasteiger partial charge in [0, 0.05) is 45.7 Å². The summed E-state index contributed by atoms with van der Waals surface area (Å²) in [6.45, 7) is 1.99. The van der Waals surface area contributed by atoms with E-state index in [2.05, 4.69) is 5.32 Å². The first-order valence-electron chi connectivity index (χ1n) is 9.86. The van der Waals surface area contributed by atoms with Crippen LogP contribution in [0, 0.1) is 0 Å². The number of hydrogen-bond acceptors (Lipinski definition) is 4. The van der Waals surface area contributed by atoms with Gasteiger partial charge in [0.2, 0.25) is 0 Å². The Bertz CT molecular complexity index is 1130. The van der Waals surface area contributed by atoms with E-state index >= 15 is 0 Å². The van der Waals surface area contributed by atoms with Crippen molar-refractivity contribution in [1.82, 2.24) is 0 Å². The maximum Gasteiger partial charge on any atom is 0.415 e. The third-order valence-electron chi connectivity index (χ3n) is 5.52. The highest BCUT2D eigenvalue weighted by atomic mass is 35.5. The van der Waals surface area contributed by atoms with Crippen molar-refractivity contribution in [2.75, 3.05) is 24.4 Å². The first-order chi connectivity index (χ1) is 14.9. The number of rotatable bonds is 5. The summed E-state index contributed by atoms with van der Waals surface area (Å²) in [6.07, 6.45) is 0.0866. The van der Waals surface area contributed by atoms with Gasteiger partial charge in [-0.15, -0.1) is 0 Å². The molecule has 1 N–H and O–H groups in total. The Morgan fingerprint density at radius 3 is 2.42 bits per heavy atom. The number of carbonyl (C=O) groups excluding carboxylic acids is 1. The summed E-state index contributed by atoms with van der Waals surface area (Å²) in [4.78, 5) is 14.3. The van der Waals surface area contributed by atoms with E-state index in [0.29, 0.717) is 27.9 Å². The first-order valence-corrected chi connectivity index (χ1v) is 10.6. The van der Waals surface area contributed by atoms with E-state index in [1.807, 2.05) is 55.5 Å². The van der Waals surface area contributed by atoms with Crippen LogP contribution in [0.15, 0.2) is 60.7 Å². The van der Waals surface area contributed by atoms with Crippen LogP contribution in [-0.2, 0) is 10.3 Å². The second-order valence-electron chi connectivity index (χ2n) is 7.32. The first kappa shape index (κ1) is 21.3. The number of hydrogen-bond donors (Lipinski definition) is 1. The number of nitrogens with one attached hydrogen (secondary N) is 1. The molecular formula is C24H22Cl2N2O3. The topological polar surface area (TPSA) is 50.8 Å². The normalized spacial score (nSPS) is 17.7. The highest BCUT2D eigenvalue weighted by Gasteiger charge is 2.46. The highest BCUT2D eigenvalue weighted by molar-refractivity contribution is 6.31. The monoisotopic (exact) mass is 456 g/mol. The van der Waals surface area contributed by atoms with Gasteiger partial charge in [0.15, 0.2) is 5.60 Å². The van der Waals surface area contributed by atoms with Gasteiger partial charge in [0.25, 0.3) is 0 Å². The molecule has 0 saturated carbocycles. The minimum atomic E-state index is -0.983. The molecule has 1 unspecified atom stereocenters. The molecule has 160 valence electrons. The molecule has 31 heavy (non-hydrogen) atoms. The van der Waals surface area contributed by atoms with E-state index in [1.54, 1.807) is 26.3 Å². The van der Waals surface area contributed by atoms with Crippen LogP contribution in [0.3, 0.4) is 0 Å². The number of methoxy groups -OCH3 is 1. The fraction of sp³-hybridized carbons (Fsp3) is 0.208. The van der Waals surface area contributed by atoms with Crippen molar-refractivity contribution < 1.29 is 14.3 Å². The molecule has 1 aliphatic rings. The van der Waals surface area contributed by atoms with Crippen LogP contribution in [0.25, 0.3) is 0 Å². The Hall–Kier alpha value is -2.89. The molecule has 5 nitrogen and oxygen atoms in total. The predicted octanol–water partition coefficient (Wildman–Crippen LogP) is 6.99. The number of halogens is 2. The standard InChI is InChI=1S/C24H22Cl2N2O3/c1-4-24(15-8-10-16(25)11-9-15)20-13-19(27-18-7-5-6-17(26)12-18)14-21(30-3)22(20)28(2)23(29)31-24/h5-14,27H,4H2,1-3H3. The molecule has 3 aromatic rings. The number of cyclic esters (lactones) is 1. The van der Waals surface area contributed by atoms with Crippen molar-refractivity contribution in [3.63, 3.8) is 0 Å². The Labute approximate surface area is 191 Å². The molecule has 1 aliphatic heterocycles. The van der Waals surface area contributed by atoms with E-state index in [-0.39, 0.29) is 0 Å².